The van der Waals surface area contributed by atoms with Gasteiger partial charge < -0.3 is 19.7 Å². The summed E-state index contributed by atoms with van der Waals surface area (Å²) in [5, 5.41) is 22.4. The molecule has 7 heteroatoms. The summed E-state index contributed by atoms with van der Waals surface area (Å²) < 4.78 is 11.6. The molecule has 4 rings (SSSR count). The summed E-state index contributed by atoms with van der Waals surface area (Å²) in [5.74, 6) is -1.26. The molecule has 4 aliphatic carbocycles. The highest BCUT2D eigenvalue weighted by Gasteiger charge is 2.71. The minimum atomic E-state index is -0.964. The molecule has 0 aromatic rings. The molecule has 4 fully saturated rings. The zero-order valence-corrected chi connectivity index (χ0v) is 25.7. The minimum absolute atomic E-state index is 0.0111. The topological polar surface area (TPSA) is 110 Å². The van der Waals surface area contributed by atoms with Crippen LogP contribution in [0.2, 0.25) is 0 Å². The molecular weight excluding hydrogens is 508 g/mol. The van der Waals surface area contributed by atoms with Crippen LogP contribution in [0.1, 0.15) is 107 Å². The zero-order chi connectivity index (χ0) is 29.8. The van der Waals surface area contributed by atoms with Crippen molar-refractivity contribution in [3.05, 3.63) is 22.8 Å². The summed E-state index contributed by atoms with van der Waals surface area (Å²) in [5.41, 5.74) is 1.42. The van der Waals surface area contributed by atoms with Gasteiger partial charge >= 0.3 is 17.9 Å². The number of esters is 2. The standard InChI is InChI=1S/C33H50O7/c1-18(2)10-9-11-22(30(37)38)28-24-16-25(36)29-31(6)14-13-26(39-20(4)34)19(3)23(31)12-15-32(29,7)33(24,8)17-27(28)40-21(5)35/h10,19,23-27,29,36H,9,11-17H2,1-8H3,(H,37,38)/b28-22-/t19-,23-,24-,25+,26+,27-,29-,31-,32-,33-/m0/s1. The van der Waals surface area contributed by atoms with Crippen LogP contribution >= 0.6 is 0 Å². The van der Waals surface area contributed by atoms with E-state index < -0.39 is 24.1 Å². The normalized spacial score (nSPS) is 43.5. The number of carboxylic acids is 1. The van der Waals surface area contributed by atoms with Crippen LogP contribution in [0.5, 0.6) is 0 Å². The molecule has 2 N–H and O–H groups in total. The van der Waals surface area contributed by atoms with Gasteiger partial charge in [-0.05, 0) is 111 Å². The van der Waals surface area contributed by atoms with Gasteiger partial charge in [0.1, 0.15) is 12.2 Å². The van der Waals surface area contributed by atoms with Gasteiger partial charge in [-0.1, -0.05) is 39.3 Å². The number of hydrogen-bond donors (Lipinski definition) is 2. The van der Waals surface area contributed by atoms with Crippen LogP contribution in [0, 0.1) is 39.9 Å². The molecule has 40 heavy (non-hydrogen) atoms. The van der Waals surface area contributed by atoms with E-state index in [0.717, 1.165) is 31.3 Å². The third-order valence-electron chi connectivity index (χ3n) is 11.9. The van der Waals surface area contributed by atoms with Gasteiger partial charge in [0.25, 0.3) is 0 Å². The first-order chi connectivity index (χ1) is 18.6. The number of carboxylic acid groups (broad SMARTS) is 1. The lowest BCUT2D eigenvalue weighted by Crippen LogP contribution is -2.65. The molecule has 10 atom stereocenters. The van der Waals surface area contributed by atoms with Crippen molar-refractivity contribution in [1.29, 1.82) is 0 Å². The average Bonchev–Trinajstić information content (AvgIpc) is 3.09. The van der Waals surface area contributed by atoms with Gasteiger partial charge in [0, 0.05) is 19.4 Å². The molecule has 0 saturated heterocycles. The van der Waals surface area contributed by atoms with Gasteiger partial charge in [0.05, 0.1) is 6.10 Å². The molecular formula is C33H50O7. The van der Waals surface area contributed by atoms with E-state index in [1.807, 2.05) is 19.9 Å². The Morgan fingerprint density at radius 3 is 2.20 bits per heavy atom. The molecule has 4 aliphatic rings. The molecule has 0 aliphatic heterocycles. The van der Waals surface area contributed by atoms with E-state index in [9.17, 15) is 24.6 Å². The smallest absolute Gasteiger partial charge is 0.331 e. The van der Waals surface area contributed by atoms with Gasteiger partial charge in [-0.3, -0.25) is 9.59 Å². The van der Waals surface area contributed by atoms with E-state index >= 15 is 0 Å². The van der Waals surface area contributed by atoms with Gasteiger partial charge in [-0.2, -0.15) is 0 Å². The zero-order valence-electron chi connectivity index (χ0n) is 25.7. The van der Waals surface area contributed by atoms with Crippen molar-refractivity contribution in [2.45, 2.75) is 125 Å². The van der Waals surface area contributed by atoms with Crippen molar-refractivity contribution in [2.75, 3.05) is 0 Å². The van der Waals surface area contributed by atoms with E-state index in [-0.39, 0.29) is 46.1 Å². The number of aliphatic carboxylic acids is 1. The van der Waals surface area contributed by atoms with Crippen molar-refractivity contribution in [1.82, 2.24) is 0 Å². The number of rotatable bonds is 6. The van der Waals surface area contributed by atoms with Gasteiger partial charge in [0.15, 0.2) is 0 Å². The van der Waals surface area contributed by atoms with Crippen LogP contribution in [0.15, 0.2) is 22.8 Å². The number of carbonyl (C=O) groups is 3. The maximum Gasteiger partial charge on any atom is 0.331 e. The number of hydrogen-bond acceptors (Lipinski definition) is 6. The van der Waals surface area contributed by atoms with Crippen LogP contribution in [0.3, 0.4) is 0 Å². The fourth-order valence-electron chi connectivity index (χ4n) is 10.2. The summed E-state index contributed by atoms with van der Waals surface area (Å²) >= 11 is 0. The second-order valence-corrected chi connectivity index (χ2v) is 14.2. The van der Waals surface area contributed by atoms with E-state index in [1.165, 1.54) is 13.8 Å². The maximum atomic E-state index is 12.7. The predicted octanol–water partition coefficient (Wildman–Crippen LogP) is 6.24. The predicted molar refractivity (Wildman–Crippen MR) is 152 cm³/mol. The van der Waals surface area contributed by atoms with E-state index in [4.69, 9.17) is 9.47 Å². The number of allylic oxidation sites excluding steroid dienone is 2. The molecule has 0 amide bonds. The molecule has 0 aromatic heterocycles. The Bertz CT molecular complexity index is 1100. The lowest BCUT2D eigenvalue weighted by atomic mass is 9.36. The van der Waals surface area contributed by atoms with Crippen LogP contribution in [0.25, 0.3) is 0 Å². The Morgan fingerprint density at radius 2 is 1.62 bits per heavy atom. The maximum absolute atomic E-state index is 12.7. The first-order valence-corrected chi connectivity index (χ1v) is 15.2. The number of fused-ring (bicyclic) bond motifs is 5. The lowest BCUT2D eigenvalue weighted by Gasteiger charge is -2.69. The first-order valence-electron chi connectivity index (χ1n) is 15.2. The van der Waals surface area contributed by atoms with Crippen molar-refractivity contribution in [3.8, 4) is 0 Å². The first kappa shape index (κ1) is 30.8. The summed E-state index contributed by atoms with van der Waals surface area (Å²) in [6, 6.07) is 0. The molecule has 0 aromatic carbocycles. The summed E-state index contributed by atoms with van der Waals surface area (Å²) in [6.45, 7) is 15.9. The Hall–Kier alpha value is -2.15. The molecule has 0 bridgehead atoms. The molecule has 0 radical (unpaired) electrons. The van der Waals surface area contributed by atoms with Crippen molar-refractivity contribution in [2.24, 2.45) is 39.9 Å². The molecule has 4 saturated carbocycles. The van der Waals surface area contributed by atoms with E-state index in [2.05, 4.69) is 27.7 Å². The molecule has 7 nitrogen and oxygen atoms in total. The number of aliphatic hydroxyl groups excluding tert-OH is 1. The van der Waals surface area contributed by atoms with E-state index in [1.54, 1.807) is 0 Å². The molecule has 0 unspecified atom stereocenters. The van der Waals surface area contributed by atoms with E-state index in [0.29, 0.717) is 42.7 Å². The summed E-state index contributed by atoms with van der Waals surface area (Å²) in [6.07, 6.45) is 6.24. The highest BCUT2D eigenvalue weighted by Crippen LogP contribution is 2.74. The Kier molecular flexibility index (Phi) is 8.41. The van der Waals surface area contributed by atoms with Gasteiger partial charge in [-0.25, -0.2) is 4.79 Å². The molecule has 224 valence electrons. The third-order valence-corrected chi connectivity index (χ3v) is 11.9. The minimum Gasteiger partial charge on any atom is -0.478 e. The van der Waals surface area contributed by atoms with Crippen molar-refractivity contribution < 1.29 is 34.1 Å². The lowest BCUT2D eigenvalue weighted by molar-refractivity contribution is -0.236. The Labute approximate surface area is 239 Å². The second-order valence-electron chi connectivity index (χ2n) is 14.2. The highest BCUT2D eigenvalue weighted by molar-refractivity contribution is 5.88. The number of carbonyl (C=O) groups excluding carboxylic acids is 2. The SMILES string of the molecule is CC(=O)O[C@H]1C[C@@]2(C)[C@@H](C[C@@H](O)[C@H]3[C@@]4(C)CC[C@@H](OC(C)=O)[C@@H](C)[C@@H]4CC[C@@]32C)/C1=C(\CCC=C(C)C)C(=O)O. The van der Waals surface area contributed by atoms with Crippen LogP contribution < -0.4 is 0 Å². The monoisotopic (exact) mass is 558 g/mol. The van der Waals surface area contributed by atoms with Gasteiger partial charge in [0.2, 0.25) is 0 Å². The average molecular weight is 559 g/mol. The highest BCUT2D eigenvalue weighted by atomic mass is 16.5. The fourth-order valence-corrected chi connectivity index (χ4v) is 10.2. The van der Waals surface area contributed by atoms with Crippen LogP contribution in [-0.2, 0) is 23.9 Å². The molecule has 0 spiro atoms. The van der Waals surface area contributed by atoms with Crippen LogP contribution in [-0.4, -0.2) is 46.4 Å². The third kappa shape index (κ3) is 4.94. The second kappa shape index (κ2) is 10.9. The van der Waals surface area contributed by atoms with Crippen molar-refractivity contribution in [3.63, 3.8) is 0 Å². The quantitative estimate of drug-likeness (QED) is 0.226. The Morgan fingerprint density at radius 1 is 0.975 bits per heavy atom. The molecule has 0 heterocycles. The number of ether oxygens (including phenoxy) is 2. The number of aliphatic hydroxyl groups is 1. The van der Waals surface area contributed by atoms with Gasteiger partial charge in [-0.15, -0.1) is 0 Å². The summed E-state index contributed by atoms with van der Waals surface area (Å²) in [4.78, 5) is 36.7. The summed E-state index contributed by atoms with van der Waals surface area (Å²) in [7, 11) is 0. The largest absolute Gasteiger partial charge is 0.478 e. The Balaban J connectivity index is 1.78. The van der Waals surface area contributed by atoms with Crippen LogP contribution in [0.4, 0.5) is 0 Å². The van der Waals surface area contributed by atoms with Crippen molar-refractivity contribution >= 4 is 17.9 Å². The fraction of sp³-hybridized carbons (Fsp3) is 0.788.